The number of alkyl halides is 3. The van der Waals surface area contributed by atoms with E-state index in [1.165, 1.54) is 0 Å². The molecule has 0 spiro atoms. The number of nitrogens with two attached hydrogens (primary N) is 1. The van der Waals surface area contributed by atoms with Gasteiger partial charge in [0, 0.05) is 49.0 Å². The Balaban J connectivity index is 1.48. The topological polar surface area (TPSA) is 84.5 Å². The van der Waals surface area contributed by atoms with Crippen molar-refractivity contribution in [2.24, 2.45) is 5.73 Å². The summed E-state index contributed by atoms with van der Waals surface area (Å²) in [6.45, 7) is 0.840. The third kappa shape index (κ3) is 3.83. The monoisotopic (exact) mass is 465 g/mol. The minimum atomic E-state index is -5.57. The van der Waals surface area contributed by atoms with Crippen LogP contribution in [0.1, 0.15) is 29.3 Å². The number of nitrogens with zero attached hydrogens (tertiary/aromatic N) is 4. The summed E-state index contributed by atoms with van der Waals surface area (Å²) in [6.07, 6.45) is 1.33. The quantitative estimate of drug-likeness (QED) is 0.698. The molecule has 2 aliphatic heterocycles. The van der Waals surface area contributed by atoms with Gasteiger partial charge in [-0.05, 0) is 31.7 Å². The van der Waals surface area contributed by atoms with E-state index in [9.17, 15) is 30.4 Å². The molecule has 1 aromatic carbocycles. The van der Waals surface area contributed by atoms with Crippen molar-refractivity contribution in [2.75, 3.05) is 13.6 Å². The maximum Gasteiger partial charge on any atom is 0.518 e. The summed E-state index contributed by atoms with van der Waals surface area (Å²) in [7, 11) is -3.82. The molecule has 0 aliphatic carbocycles. The van der Waals surface area contributed by atoms with Crippen LogP contribution in [-0.4, -0.2) is 58.6 Å². The molecule has 7 nitrogen and oxygen atoms in total. The molecule has 1 aromatic heterocycles. The van der Waals surface area contributed by atoms with E-state index in [2.05, 4.69) is 5.10 Å². The van der Waals surface area contributed by atoms with Crippen LogP contribution in [0.3, 0.4) is 0 Å². The van der Waals surface area contributed by atoms with Crippen molar-refractivity contribution in [3.05, 3.63) is 52.9 Å². The number of rotatable bonds is 3. The Bertz CT molecular complexity index is 1070. The summed E-state index contributed by atoms with van der Waals surface area (Å²) in [5.74, 6) is -1.11. The lowest BCUT2D eigenvalue weighted by atomic mass is 9.88. The van der Waals surface area contributed by atoms with E-state index in [1.54, 1.807) is 7.05 Å². The summed E-state index contributed by atoms with van der Waals surface area (Å²) >= 11 is 0. The second-order valence-corrected chi connectivity index (χ2v) is 9.72. The minimum Gasteiger partial charge on any atom is -0.326 e. The molecule has 0 saturated carbocycles. The third-order valence-electron chi connectivity index (χ3n) is 5.84. The Kier molecular flexibility index (Phi) is 5.35. The first-order chi connectivity index (χ1) is 14.4. The Morgan fingerprint density at radius 1 is 1.19 bits per heavy atom. The van der Waals surface area contributed by atoms with Crippen molar-refractivity contribution in [1.82, 2.24) is 19.0 Å². The van der Waals surface area contributed by atoms with Crippen LogP contribution in [0.5, 0.6) is 0 Å². The minimum absolute atomic E-state index is 0.0313. The molecule has 4 rings (SSSR count). The highest BCUT2D eigenvalue weighted by Gasteiger charge is 2.49. The van der Waals surface area contributed by atoms with E-state index >= 15 is 0 Å². The molecule has 2 aromatic rings. The number of aromatic nitrogens is 2. The average molecular weight is 465 g/mol. The van der Waals surface area contributed by atoms with E-state index < -0.39 is 39.2 Å². The van der Waals surface area contributed by atoms with Crippen LogP contribution < -0.4 is 5.73 Å². The van der Waals surface area contributed by atoms with Gasteiger partial charge in [-0.15, -0.1) is 0 Å². The van der Waals surface area contributed by atoms with Crippen LogP contribution in [0.4, 0.5) is 22.0 Å². The predicted molar refractivity (Wildman–Crippen MR) is 100.0 cm³/mol. The van der Waals surface area contributed by atoms with E-state index in [0.29, 0.717) is 18.5 Å². The van der Waals surface area contributed by atoms with Crippen LogP contribution in [0.15, 0.2) is 24.4 Å². The standard InChI is InChI=1S/C18H20F5N5O2S/c1-26-8-12(5-15(24)17(26)13-4-11(19)2-3-14(13)20)27-6-10-7-28(25-16(10)9-27)31(29,30)18(21,22)23/h2-4,7,12,15,17H,5-6,8-9,24H2,1H3/t12-,15+,17-/m1/s1. The number of piperidine rings is 1. The van der Waals surface area contributed by atoms with Gasteiger partial charge < -0.3 is 5.73 Å². The van der Waals surface area contributed by atoms with Gasteiger partial charge in [0.2, 0.25) is 0 Å². The lowest BCUT2D eigenvalue weighted by Gasteiger charge is -2.44. The highest BCUT2D eigenvalue weighted by Crippen LogP contribution is 2.35. The van der Waals surface area contributed by atoms with E-state index in [0.717, 1.165) is 24.4 Å². The zero-order valence-electron chi connectivity index (χ0n) is 16.4. The SMILES string of the molecule is CN1C[C@H](N2Cc3cn(S(=O)(=O)C(F)(F)F)nc3C2)C[C@H](N)[C@H]1c1cc(F)ccc1F. The second kappa shape index (κ2) is 7.50. The lowest BCUT2D eigenvalue weighted by Crippen LogP contribution is -2.54. The molecule has 3 atom stereocenters. The van der Waals surface area contributed by atoms with Crippen molar-refractivity contribution >= 4 is 10.0 Å². The normalized spacial score (nSPS) is 25.7. The van der Waals surface area contributed by atoms with Gasteiger partial charge in [-0.2, -0.15) is 30.8 Å². The number of fused-ring (bicyclic) bond motifs is 1. The van der Waals surface area contributed by atoms with E-state index in [4.69, 9.17) is 5.73 Å². The molecule has 0 radical (unpaired) electrons. The van der Waals surface area contributed by atoms with Crippen LogP contribution in [-0.2, 0) is 23.1 Å². The summed E-state index contributed by atoms with van der Waals surface area (Å²) < 4.78 is 89.1. The van der Waals surface area contributed by atoms with Gasteiger partial charge in [0.25, 0.3) is 0 Å². The first-order valence-corrected chi connectivity index (χ1v) is 10.9. The van der Waals surface area contributed by atoms with Gasteiger partial charge in [-0.3, -0.25) is 9.80 Å². The Labute approximate surface area is 175 Å². The van der Waals surface area contributed by atoms with Crippen molar-refractivity contribution in [3.8, 4) is 0 Å². The van der Waals surface area contributed by atoms with Gasteiger partial charge in [-0.25, -0.2) is 8.78 Å². The molecule has 0 amide bonds. The fraction of sp³-hybridized carbons (Fsp3) is 0.500. The molecule has 1 saturated heterocycles. The van der Waals surface area contributed by atoms with Crippen molar-refractivity contribution in [1.29, 1.82) is 0 Å². The van der Waals surface area contributed by atoms with Crippen molar-refractivity contribution < 1.29 is 30.4 Å². The third-order valence-corrected chi connectivity index (χ3v) is 7.10. The molecule has 1 fully saturated rings. The molecule has 0 unspecified atom stereocenters. The number of hydrogen-bond donors (Lipinski definition) is 1. The fourth-order valence-corrected chi connectivity index (χ4v) is 5.09. The highest BCUT2D eigenvalue weighted by atomic mass is 32.2. The van der Waals surface area contributed by atoms with E-state index in [-0.39, 0.29) is 34.5 Å². The molecule has 31 heavy (non-hydrogen) atoms. The van der Waals surface area contributed by atoms with Gasteiger partial charge >= 0.3 is 15.5 Å². The Morgan fingerprint density at radius 2 is 1.90 bits per heavy atom. The van der Waals surface area contributed by atoms with Gasteiger partial charge in [0.05, 0.1) is 11.7 Å². The number of hydrogen-bond acceptors (Lipinski definition) is 6. The first kappa shape index (κ1) is 22.1. The number of benzene rings is 1. The summed E-state index contributed by atoms with van der Waals surface area (Å²) in [4.78, 5) is 3.76. The van der Waals surface area contributed by atoms with Crippen LogP contribution in [0, 0.1) is 11.6 Å². The molecular weight excluding hydrogens is 445 g/mol. The van der Waals surface area contributed by atoms with E-state index in [1.807, 2.05) is 9.80 Å². The second-order valence-electron chi connectivity index (χ2n) is 7.93. The largest absolute Gasteiger partial charge is 0.518 e. The van der Waals surface area contributed by atoms with Crippen LogP contribution in [0.2, 0.25) is 0 Å². The molecule has 2 N–H and O–H groups in total. The van der Waals surface area contributed by atoms with Crippen LogP contribution in [0.25, 0.3) is 0 Å². The molecular formula is C18H20F5N5O2S. The fourth-order valence-electron chi connectivity index (χ4n) is 4.40. The maximum atomic E-state index is 14.3. The zero-order chi connectivity index (χ0) is 22.7. The lowest BCUT2D eigenvalue weighted by molar-refractivity contribution is -0.0449. The Morgan fingerprint density at radius 3 is 2.52 bits per heavy atom. The van der Waals surface area contributed by atoms with Crippen molar-refractivity contribution in [3.63, 3.8) is 0 Å². The molecule has 3 heterocycles. The number of likely N-dealkylation sites (tertiary alicyclic amines) is 1. The summed E-state index contributed by atoms with van der Waals surface area (Å²) in [5.41, 5.74) is 1.68. The smallest absolute Gasteiger partial charge is 0.326 e. The molecule has 170 valence electrons. The zero-order valence-corrected chi connectivity index (χ0v) is 17.2. The van der Waals surface area contributed by atoms with Crippen LogP contribution >= 0.6 is 0 Å². The summed E-state index contributed by atoms with van der Waals surface area (Å²) in [5, 5.41) is 3.63. The average Bonchev–Trinajstić information content (AvgIpc) is 3.22. The first-order valence-electron chi connectivity index (χ1n) is 9.42. The summed E-state index contributed by atoms with van der Waals surface area (Å²) in [6, 6.07) is 2.07. The Hall–Kier alpha value is -2.09. The van der Waals surface area contributed by atoms with Crippen molar-refractivity contribution in [2.45, 2.75) is 43.1 Å². The molecule has 0 bridgehead atoms. The van der Waals surface area contributed by atoms with Gasteiger partial charge in [-0.1, -0.05) is 0 Å². The number of halogens is 5. The predicted octanol–water partition coefficient (Wildman–Crippen LogP) is 1.95. The maximum absolute atomic E-state index is 14.3. The highest BCUT2D eigenvalue weighted by molar-refractivity contribution is 7.90. The number of likely N-dealkylation sites (N-methyl/N-ethyl adjacent to an activating group) is 1. The molecule has 13 heteroatoms. The molecule has 2 aliphatic rings. The van der Waals surface area contributed by atoms with Gasteiger partial charge in [0.1, 0.15) is 11.6 Å². The van der Waals surface area contributed by atoms with Gasteiger partial charge in [0.15, 0.2) is 0 Å².